The monoisotopic (exact) mass is 505 g/mol. The summed E-state index contributed by atoms with van der Waals surface area (Å²) in [7, 11) is 0. The molecule has 0 N–H and O–H groups in total. The lowest BCUT2D eigenvalue weighted by atomic mass is 10.1. The molecule has 0 unspecified atom stereocenters. The van der Waals surface area contributed by atoms with E-state index >= 15 is 0 Å². The number of halogens is 2. The second-order valence-corrected chi connectivity index (χ2v) is 7.97. The number of anilines is 1. The van der Waals surface area contributed by atoms with Gasteiger partial charge in [-0.15, -0.1) is 0 Å². The minimum Gasteiger partial charge on any atom is -0.304 e. The molecule has 0 bridgehead atoms. The van der Waals surface area contributed by atoms with Gasteiger partial charge in [-0.25, -0.2) is 0 Å². The van der Waals surface area contributed by atoms with Crippen molar-refractivity contribution in [3.05, 3.63) is 97.5 Å². The lowest BCUT2D eigenvalue weighted by molar-refractivity contribution is 0.0984. The standard InChI is InChI=1S/C21H17BrINO/c1-15-4-2-3-5-20(15)21(25)24(19-12-10-18(23)11-13-19)14-16-6-8-17(22)9-7-16/h2-13H,14H2,1H3. The van der Waals surface area contributed by atoms with Gasteiger partial charge >= 0.3 is 0 Å². The smallest absolute Gasteiger partial charge is 0.258 e. The summed E-state index contributed by atoms with van der Waals surface area (Å²) in [4.78, 5) is 15.1. The lowest BCUT2D eigenvalue weighted by Gasteiger charge is -2.24. The quantitative estimate of drug-likeness (QED) is 0.386. The molecular formula is C21H17BrINO. The Labute approximate surface area is 170 Å². The molecule has 0 radical (unpaired) electrons. The number of amides is 1. The van der Waals surface area contributed by atoms with Crippen LogP contribution >= 0.6 is 38.5 Å². The van der Waals surface area contributed by atoms with Gasteiger partial charge in [-0.3, -0.25) is 4.79 Å². The van der Waals surface area contributed by atoms with Crippen molar-refractivity contribution in [2.75, 3.05) is 4.90 Å². The van der Waals surface area contributed by atoms with Crippen molar-refractivity contribution in [2.24, 2.45) is 0 Å². The maximum Gasteiger partial charge on any atom is 0.258 e. The molecule has 3 rings (SSSR count). The molecule has 0 spiro atoms. The Bertz CT molecular complexity index is 875. The minimum absolute atomic E-state index is 0.0160. The van der Waals surface area contributed by atoms with Crippen molar-refractivity contribution >= 4 is 50.1 Å². The van der Waals surface area contributed by atoms with Crippen LogP contribution in [0.15, 0.2) is 77.3 Å². The Balaban J connectivity index is 1.99. The minimum atomic E-state index is 0.0160. The molecule has 0 heterocycles. The molecule has 0 saturated carbocycles. The maximum absolute atomic E-state index is 13.2. The van der Waals surface area contributed by atoms with Gasteiger partial charge in [0.25, 0.3) is 5.91 Å². The van der Waals surface area contributed by atoms with Crippen LogP contribution in [0.5, 0.6) is 0 Å². The summed E-state index contributed by atoms with van der Waals surface area (Å²) in [6.07, 6.45) is 0. The van der Waals surface area contributed by atoms with E-state index in [1.807, 2.05) is 84.6 Å². The molecule has 4 heteroatoms. The number of benzene rings is 3. The summed E-state index contributed by atoms with van der Waals surface area (Å²) < 4.78 is 2.18. The second kappa shape index (κ2) is 8.15. The summed E-state index contributed by atoms with van der Waals surface area (Å²) in [6, 6.07) is 23.8. The molecular weight excluding hydrogens is 489 g/mol. The van der Waals surface area contributed by atoms with E-state index in [0.29, 0.717) is 6.54 Å². The third-order valence-electron chi connectivity index (χ3n) is 4.01. The van der Waals surface area contributed by atoms with Crippen molar-refractivity contribution in [1.29, 1.82) is 0 Å². The van der Waals surface area contributed by atoms with Crippen LogP contribution in [0, 0.1) is 10.5 Å². The van der Waals surface area contributed by atoms with Gasteiger partial charge < -0.3 is 4.90 Å². The van der Waals surface area contributed by atoms with E-state index < -0.39 is 0 Å². The van der Waals surface area contributed by atoms with Gasteiger partial charge in [-0.05, 0) is 83.1 Å². The Morgan fingerprint density at radius 1 is 0.960 bits per heavy atom. The molecule has 0 aliphatic carbocycles. The predicted octanol–water partition coefficient (Wildman–Crippen LogP) is 6.21. The van der Waals surface area contributed by atoms with Crippen LogP contribution in [0.1, 0.15) is 21.5 Å². The van der Waals surface area contributed by atoms with E-state index in [-0.39, 0.29) is 5.91 Å². The summed E-state index contributed by atoms with van der Waals surface area (Å²) in [5.74, 6) is 0.0160. The summed E-state index contributed by atoms with van der Waals surface area (Å²) >= 11 is 5.73. The van der Waals surface area contributed by atoms with Gasteiger partial charge in [0, 0.05) is 19.3 Å². The van der Waals surface area contributed by atoms with E-state index in [2.05, 4.69) is 38.5 Å². The van der Waals surface area contributed by atoms with Crippen molar-refractivity contribution in [2.45, 2.75) is 13.5 Å². The summed E-state index contributed by atoms with van der Waals surface area (Å²) in [5, 5.41) is 0. The summed E-state index contributed by atoms with van der Waals surface area (Å²) in [6.45, 7) is 2.50. The number of carbonyl (C=O) groups is 1. The number of carbonyl (C=O) groups excluding carboxylic acids is 1. The predicted molar refractivity (Wildman–Crippen MR) is 115 cm³/mol. The molecule has 3 aromatic rings. The third-order valence-corrected chi connectivity index (χ3v) is 5.26. The lowest BCUT2D eigenvalue weighted by Crippen LogP contribution is -2.31. The fraction of sp³-hybridized carbons (Fsp3) is 0.0952. The number of hydrogen-bond donors (Lipinski definition) is 0. The van der Waals surface area contributed by atoms with Crippen LogP contribution in [0.2, 0.25) is 0 Å². The highest BCUT2D eigenvalue weighted by molar-refractivity contribution is 14.1. The van der Waals surface area contributed by atoms with Crippen LogP contribution in [0.3, 0.4) is 0 Å². The fourth-order valence-corrected chi connectivity index (χ4v) is 3.26. The van der Waals surface area contributed by atoms with Crippen molar-refractivity contribution < 1.29 is 4.79 Å². The highest BCUT2D eigenvalue weighted by Crippen LogP contribution is 2.23. The Morgan fingerprint density at radius 2 is 1.60 bits per heavy atom. The van der Waals surface area contributed by atoms with E-state index in [1.165, 1.54) is 0 Å². The Morgan fingerprint density at radius 3 is 2.24 bits per heavy atom. The van der Waals surface area contributed by atoms with Crippen LogP contribution in [-0.2, 0) is 6.54 Å². The van der Waals surface area contributed by atoms with Crippen molar-refractivity contribution in [3.63, 3.8) is 0 Å². The van der Waals surface area contributed by atoms with Crippen LogP contribution < -0.4 is 4.90 Å². The molecule has 1 amide bonds. The highest BCUT2D eigenvalue weighted by atomic mass is 127. The van der Waals surface area contributed by atoms with E-state index in [0.717, 1.165) is 30.4 Å². The van der Waals surface area contributed by atoms with Gasteiger partial charge in [-0.2, -0.15) is 0 Å². The third kappa shape index (κ3) is 4.50. The van der Waals surface area contributed by atoms with Crippen molar-refractivity contribution in [1.82, 2.24) is 0 Å². The largest absolute Gasteiger partial charge is 0.304 e. The van der Waals surface area contributed by atoms with Crippen LogP contribution in [0.4, 0.5) is 5.69 Å². The zero-order valence-electron chi connectivity index (χ0n) is 13.7. The van der Waals surface area contributed by atoms with Crippen molar-refractivity contribution in [3.8, 4) is 0 Å². The molecule has 2 nitrogen and oxygen atoms in total. The zero-order chi connectivity index (χ0) is 17.8. The number of rotatable bonds is 4. The average Bonchev–Trinajstić information content (AvgIpc) is 2.62. The first kappa shape index (κ1) is 18.1. The normalized spacial score (nSPS) is 10.5. The van der Waals surface area contributed by atoms with E-state index in [4.69, 9.17) is 0 Å². The Hall–Kier alpha value is -1.66. The SMILES string of the molecule is Cc1ccccc1C(=O)N(Cc1ccc(Br)cc1)c1ccc(I)cc1. The van der Waals surface area contributed by atoms with Gasteiger partial charge in [0.2, 0.25) is 0 Å². The van der Waals surface area contributed by atoms with Gasteiger partial charge in [-0.1, -0.05) is 46.3 Å². The molecule has 25 heavy (non-hydrogen) atoms. The molecule has 0 aliphatic rings. The first-order valence-electron chi connectivity index (χ1n) is 7.92. The molecule has 126 valence electrons. The van der Waals surface area contributed by atoms with E-state index in [1.54, 1.807) is 0 Å². The topological polar surface area (TPSA) is 20.3 Å². The first-order chi connectivity index (χ1) is 12.0. The molecule has 0 aromatic heterocycles. The highest BCUT2D eigenvalue weighted by Gasteiger charge is 2.19. The first-order valence-corrected chi connectivity index (χ1v) is 9.79. The number of hydrogen-bond acceptors (Lipinski definition) is 1. The average molecular weight is 506 g/mol. The molecule has 0 atom stereocenters. The maximum atomic E-state index is 13.2. The molecule has 3 aromatic carbocycles. The van der Waals surface area contributed by atoms with Crippen LogP contribution in [0.25, 0.3) is 0 Å². The molecule has 0 fully saturated rings. The van der Waals surface area contributed by atoms with Gasteiger partial charge in [0.05, 0.1) is 6.54 Å². The van der Waals surface area contributed by atoms with E-state index in [9.17, 15) is 4.79 Å². The van der Waals surface area contributed by atoms with Crippen LogP contribution in [-0.4, -0.2) is 5.91 Å². The second-order valence-electron chi connectivity index (χ2n) is 5.81. The Kier molecular flexibility index (Phi) is 5.91. The summed E-state index contributed by atoms with van der Waals surface area (Å²) in [5.41, 5.74) is 3.71. The molecule has 0 aliphatic heterocycles. The zero-order valence-corrected chi connectivity index (χ0v) is 17.5. The molecule has 0 saturated heterocycles. The number of aryl methyl sites for hydroxylation is 1. The fourth-order valence-electron chi connectivity index (χ4n) is 2.63. The van der Waals surface area contributed by atoms with Gasteiger partial charge in [0.15, 0.2) is 0 Å². The van der Waals surface area contributed by atoms with Gasteiger partial charge in [0.1, 0.15) is 0 Å². The number of nitrogens with zero attached hydrogens (tertiary/aromatic N) is 1.